The van der Waals surface area contributed by atoms with Crippen LogP contribution < -0.4 is 10.9 Å². The maximum atomic E-state index is 12.1. The molecular formula is C13H19N3O. The molecule has 0 amide bonds. The predicted molar refractivity (Wildman–Crippen MR) is 67.0 cm³/mol. The average molecular weight is 233 g/mol. The summed E-state index contributed by atoms with van der Waals surface area (Å²) in [6.45, 7) is 2.68. The molecule has 1 aromatic heterocycles. The van der Waals surface area contributed by atoms with Crippen molar-refractivity contribution in [1.29, 1.82) is 0 Å². The first-order valence-corrected chi connectivity index (χ1v) is 6.61. The summed E-state index contributed by atoms with van der Waals surface area (Å²) in [7, 11) is 0. The smallest absolute Gasteiger partial charge is 0.293 e. The van der Waals surface area contributed by atoms with Crippen LogP contribution in [0.25, 0.3) is 0 Å². The summed E-state index contributed by atoms with van der Waals surface area (Å²) >= 11 is 0. The molecule has 3 rings (SSSR count). The number of hydrogen-bond donors (Lipinski definition) is 1. The van der Waals surface area contributed by atoms with Gasteiger partial charge in [-0.05, 0) is 44.4 Å². The molecule has 1 heterocycles. The Morgan fingerprint density at radius 2 is 2.06 bits per heavy atom. The number of aromatic nitrogens is 2. The van der Waals surface area contributed by atoms with E-state index in [4.69, 9.17) is 0 Å². The third-order valence-corrected chi connectivity index (χ3v) is 3.82. The fourth-order valence-electron chi connectivity index (χ4n) is 2.48. The molecule has 0 unspecified atom stereocenters. The minimum absolute atomic E-state index is 0.0151. The van der Waals surface area contributed by atoms with E-state index in [1.807, 2.05) is 6.92 Å². The average Bonchev–Trinajstić information content (AvgIpc) is 3.19. The van der Waals surface area contributed by atoms with Crippen molar-refractivity contribution in [1.82, 2.24) is 9.55 Å². The van der Waals surface area contributed by atoms with Crippen LogP contribution in [-0.2, 0) is 6.54 Å². The van der Waals surface area contributed by atoms with Gasteiger partial charge in [0.1, 0.15) is 0 Å². The van der Waals surface area contributed by atoms with Gasteiger partial charge in [0.15, 0.2) is 5.82 Å². The van der Waals surface area contributed by atoms with Crippen molar-refractivity contribution < 1.29 is 0 Å². The van der Waals surface area contributed by atoms with Gasteiger partial charge in [0.05, 0.1) is 0 Å². The highest BCUT2D eigenvalue weighted by Crippen LogP contribution is 2.45. The molecule has 1 aromatic rings. The minimum Gasteiger partial charge on any atom is -0.362 e. The summed E-state index contributed by atoms with van der Waals surface area (Å²) in [5.41, 5.74) is 0.0151. The molecule has 2 aliphatic carbocycles. The van der Waals surface area contributed by atoms with E-state index >= 15 is 0 Å². The fourth-order valence-corrected chi connectivity index (χ4v) is 2.48. The van der Waals surface area contributed by atoms with Gasteiger partial charge in [-0.15, -0.1) is 0 Å². The van der Waals surface area contributed by atoms with Crippen molar-refractivity contribution in [3.8, 4) is 0 Å². The number of rotatable bonds is 5. The van der Waals surface area contributed by atoms with Crippen molar-refractivity contribution in [2.45, 2.75) is 45.2 Å². The van der Waals surface area contributed by atoms with Crippen LogP contribution in [0.15, 0.2) is 17.2 Å². The monoisotopic (exact) mass is 233 g/mol. The molecule has 17 heavy (non-hydrogen) atoms. The van der Waals surface area contributed by atoms with Gasteiger partial charge in [-0.3, -0.25) is 4.79 Å². The molecule has 0 spiro atoms. The highest BCUT2D eigenvalue weighted by Gasteiger charge is 2.41. The maximum absolute atomic E-state index is 12.1. The van der Waals surface area contributed by atoms with Crippen LogP contribution in [0.3, 0.4) is 0 Å². The van der Waals surface area contributed by atoms with Crippen LogP contribution >= 0.6 is 0 Å². The Labute approximate surface area is 101 Å². The van der Waals surface area contributed by atoms with Gasteiger partial charge in [-0.1, -0.05) is 0 Å². The largest absolute Gasteiger partial charge is 0.362 e. The van der Waals surface area contributed by atoms with Gasteiger partial charge in [0, 0.05) is 25.0 Å². The number of nitrogens with zero attached hydrogens (tertiary/aromatic N) is 2. The topological polar surface area (TPSA) is 46.9 Å². The van der Waals surface area contributed by atoms with Crippen LogP contribution in [0, 0.1) is 11.8 Å². The van der Waals surface area contributed by atoms with Gasteiger partial charge in [-0.25, -0.2) is 4.98 Å². The van der Waals surface area contributed by atoms with Crippen molar-refractivity contribution >= 4 is 5.82 Å². The Morgan fingerprint density at radius 1 is 1.41 bits per heavy atom. The number of nitrogens with one attached hydrogen (secondary N) is 1. The molecular weight excluding hydrogens is 214 g/mol. The molecule has 2 saturated carbocycles. The molecule has 0 radical (unpaired) electrons. The molecule has 4 heteroatoms. The quantitative estimate of drug-likeness (QED) is 0.844. The Hall–Kier alpha value is -1.32. The van der Waals surface area contributed by atoms with Gasteiger partial charge < -0.3 is 9.88 Å². The zero-order valence-electron chi connectivity index (χ0n) is 10.2. The third-order valence-electron chi connectivity index (χ3n) is 3.82. The van der Waals surface area contributed by atoms with E-state index in [9.17, 15) is 4.79 Å². The summed E-state index contributed by atoms with van der Waals surface area (Å²) in [6, 6.07) is 0.489. The van der Waals surface area contributed by atoms with E-state index in [2.05, 4.69) is 10.3 Å². The van der Waals surface area contributed by atoms with Crippen LogP contribution in [0.5, 0.6) is 0 Å². The summed E-state index contributed by atoms with van der Waals surface area (Å²) in [5, 5.41) is 3.40. The highest BCUT2D eigenvalue weighted by molar-refractivity contribution is 5.34. The van der Waals surface area contributed by atoms with E-state index in [1.54, 1.807) is 17.0 Å². The summed E-state index contributed by atoms with van der Waals surface area (Å²) in [5.74, 6) is 2.09. The molecule has 4 nitrogen and oxygen atoms in total. The minimum atomic E-state index is 0.0151. The van der Waals surface area contributed by atoms with Gasteiger partial charge >= 0.3 is 0 Å². The lowest BCUT2D eigenvalue weighted by Gasteiger charge is -2.18. The van der Waals surface area contributed by atoms with Crippen LogP contribution in [0.2, 0.25) is 0 Å². The second kappa shape index (κ2) is 4.17. The lowest BCUT2D eigenvalue weighted by molar-refractivity contribution is 0.562. The zero-order valence-corrected chi connectivity index (χ0v) is 10.2. The number of hydrogen-bond acceptors (Lipinski definition) is 3. The molecule has 1 N–H and O–H groups in total. The van der Waals surface area contributed by atoms with Crippen LogP contribution in [0.4, 0.5) is 5.82 Å². The van der Waals surface area contributed by atoms with Gasteiger partial charge in [0.25, 0.3) is 5.56 Å². The lowest BCUT2D eigenvalue weighted by atomic mass is 10.1. The second-order valence-corrected chi connectivity index (χ2v) is 5.21. The van der Waals surface area contributed by atoms with Crippen molar-refractivity contribution in [2.24, 2.45) is 11.8 Å². The van der Waals surface area contributed by atoms with E-state index in [-0.39, 0.29) is 5.56 Å². The Bertz CT molecular complexity index is 448. The fraction of sp³-hybridized carbons (Fsp3) is 0.692. The number of anilines is 1. The normalized spacial score (nSPS) is 19.6. The van der Waals surface area contributed by atoms with Crippen LogP contribution in [0.1, 0.15) is 32.6 Å². The third kappa shape index (κ3) is 2.21. The maximum Gasteiger partial charge on any atom is 0.293 e. The van der Waals surface area contributed by atoms with Crippen molar-refractivity contribution in [3.63, 3.8) is 0 Å². The van der Waals surface area contributed by atoms with Crippen molar-refractivity contribution in [3.05, 3.63) is 22.7 Å². The zero-order chi connectivity index (χ0) is 11.8. The first kappa shape index (κ1) is 10.8. The highest BCUT2D eigenvalue weighted by atomic mass is 16.1. The Morgan fingerprint density at radius 3 is 2.59 bits per heavy atom. The van der Waals surface area contributed by atoms with E-state index in [1.165, 1.54) is 25.7 Å². The first-order valence-electron chi connectivity index (χ1n) is 6.61. The summed E-state index contributed by atoms with van der Waals surface area (Å²) < 4.78 is 1.70. The van der Waals surface area contributed by atoms with Crippen LogP contribution in [-0.4, -0.2) is 15.6 Å². The molecule has 2 aliphatic rings. The van der Waals surface area contributed by atoms with E-state index < -0.39 is 0 Å². The van der Waals surface area contributed by atoms with Gasteiger partial charge in [0.2, 0.25) is 0 Å². The first-order chi connectivity index (χ1) is 8.29. The molecule has 0 aromatic carbocycles. The molecule has 0 saturated heterocycles. The predicted octanol–water partition coefficient (Wildman–Crippen LogP) is 1.86. The Balaban J connectivity index is 1.81. The lowest BCUT2D eigenvalue weighted by Crippen LogP contribution is -2.31. The standard InChI is InChI=1S/C13H19N3O/c1-2-16-8-7-14-12(13(16)17)15-11(9-3-4-9)10-5-6-10/h7-11H,2-6H2,1H3,(H,14,15). The number of aryl methyl sites for hydroxylation is 1. The molecule has 0 atom stereocenters. The van der Waals surface area contributed by atoms with E-state index in [0.717, 1.165) is 11.8 Å². The van der Waals surface area contributed by atoms with E-state index in [0.29, 0.717) is 18.4 Å². The molecule has 0 aliphatic heterocycles. The molecule has 2 fully saturated rings. The Kier molecular flexibility index (Phi) is 2.65. The van der Waals surface area contributed by atoms with Crippen molar-refractivity contribution in [2.75, 3.05) is 5.32 Å². The molecule has 92 valence electrons. The van der Waals surface area contributed by atoms with Gasteiger partial charge in [-0.2, -0.15) is 0 Å². The second-order valence-electron chi connectivity index (χ2n) is 5.21. The molecule has 0 bridgehead atoms. The summed E-state index contributed by atoms with van der Waals surface area (Å²) in [6.07, 6.45) is 8.69. The summed E-state index contributed by atoms with van der Waals surface area (Å²) in [4.78, 5) is 16.3. The SMILES string of the molecule is CCn1ccnc(NC(C2CC2)C2CC2)c1=O.